The quantitative estimate of drug-likeness (QED) is 0.118. The molecule has 0 bridgehead atoms. The van der Waals surface area contributed by atoms with Gasteiger partial charge in [-0.25, -0.2) is 0 Å². The summed E-state index contributed by atoms with van der Waals surface area (Å²) in [5.41, 5.74) is 2.44. The molecule has 1 aliphatic heterocycles. The molecule has 1 fully saturated rings. The number of rotatable bonds is 12. The molecule has 10 heteroatoms. The Kier molecular flexibility index (Phi) is 9.94. The lowest BCUT2D eigenvalue weighted by molar-refractivity contribution is 0.122. The molecule has 0 aromatic heterocycles. The minimum atomic E-state index is 0.686. The third kappa shape index (κ3) is 6.26. The number of ether oxygens (including phenoxy) is 8. The first-order valence-corrected chi connectivity index (χ1v) is 17.3. The normalized spacial score (nSPS) is 13.8. The fourth-order valence-electron chi connectivity index (χ4n) is 7.61. The number of fused-ring (bicyclic) bond motifs is 6. The van der Waals surface area contributed by atoms with Gasteiger partial charge in [-0.15, -0.1) is 0 Å². The molecule has 0 atom stereocenters. The van der Waals surface area contributed by atoms with Crippen LogP contribution >= 0.6 is 0 Å². The molecule has 1 saturated heterocycles. The Morgan fingerprint density at radius 1 is 0.327 bits per heavy atom. The van der Waals surface area contributed by atoms with Crippen LogP contribution in [0.25, 0.3) is 43.1 Å². The summed E-state index contributed by atoms with van der Waals surface area (Å²) in [6, 6.07) is 21.0. The second-order valence-corrected chi connectivity index (χ2v) is 13.0. The summed E-state index contributed by atoms with van der Waals surface area (Å²) < 4.78 is 45.6. The maximum absolute atomic E-state index is 5.74. The summed E-state index contributed by atoms with van der Waals surface area (Å²) >= 11 is 0. The third-order valence-corrected chi connectivity index (χ3v) is 10.3. The monoisotopic (exact) mass is 706 g/mol. The largest absolute Gasteiger partial charge is 0.493 e. The van der Waals surface area contributed by atoms with Gasteiger partial charge in [-0.2, -0.15) is 0 Å². The van der Waals surface area contributed by atoms with E-state index in [0.29, 0.717) is 46.0 Å². The highest BCUT2D eigenvalue weighted by atomic mass is 16.5. The van der Waals surface area contributed by atoms with Gasteiger partial charge in [0.25, 0.3) is 0 Å². The van der Waals surface area contributed by atoms with Crippen molar-refractivity contribution < 1.29 is 37.9 Å². The Morgan fingerprint density at radius 3 is 0.865 bits per heavy atom. The second kappa shape index (κ2) is 14.7. The molecule has 1 heterocycles. The van der Waals surface area contributed by atoms with Crippen molar-refractivity contribution >= 4 is 43.1 Å². The van der Waals surface area contributed by atoms with E-state index in [2.05, 4.69) is 58.3 Å². The van der Waals surface area contributed by atoms with E-state index in [4.69, 9.17) is 37.9 Å². The molecule has 0 saturated carbocycles. The first-order chi connectivity index (χ1) is 25.4. The molecule has 7 rings (SSSR count). The van der Waals surface area contributed by atoms with E-state index in [0.717, 1.165) is 82.4 Å². The van der Waals surface area contributed by atoms with E-state index in [9.17, 15) is 0 Å². The molecule has 6 aromatic carbocycles. The Balaban J connectivity index is 1.20. The molecular formula is C42H46N2O8. The first kappa shape index (κ1) is 35.1. The van der Waals surface area contributed by atoms with Gasteiger partial charge in [-0.1, -0.05) is 0 Å². The second-order valence-electron chi connectivity index (χ2n) is 13.0. The van der Waals surface area contributed by atoms with Crippen molar-refractivity contribution in [2.24, 2.45) is 0 Å². The Bertz CT molecular complexity index is 2120. The number of piperazine rings is 1. The van der Waals surface area contributed by atoms with Crippen LogP contribution in [0.5, 0.6) is 46.0 Å². The van der Waals surface area contributed by atoms with Crippen LogP contribution in [0.1, 0.15) is 11.1 Å². The standard InChI is InChI=1S/C42H46N2O8/c1-45-35-15-25-13-27(31-19-39(49-5)41(51-7)21-33(31)29(25)17-37(35)47-3)23-43-9-11-44(12-10-43)24-28-14-26-16-36(46-2)38(48-4)18-30(26)34-22-42(52-8)40(50-6)20-32(28)34/h13-22H,9-12,23-24H2,1-8H3. The lowest BCUT2D eigenvalue weighted by Crippen LogP contribution is -2.45. The van der Waals surface area contributed by atoms with Gasteiger partial charge < -0.3 is 37.9 Å². The van der Waals surface area contributed by atoms with Crippen LogP contribution in [0.3, 0.4) is 0 Å². The van der Waals surface area contributed by atoms with Crippen LogP contribution < -0.4 is 37.9 Å². The molecule has 0 amide bonds. The van der Waals surface area contributed by atoms with Gasteiger partial charge in [0.1, 0.15) is 0 Å². The summed E-state index contributed by atoms with van der Waals surface area (Å²) in [5.74, 6) is 5.55. The van der Waals surface area contributed by atoms with E-state index < -0.39 is 0 Å². The van der Waals surface area contributed by atoms with Gasteiger partial charge in [0, 0.05) is 39.3 Å². The van der Waals surface area contributed by atoms with Crippen molar-refractivity contribution in [2.75, 3.05) is 83.1 Å². The van der Waals surface area contributed by atoms with E-state index in [1.165, 1.54) is 11.1 Å². The highest BCUT2D eigenvalue weighted by molar-refractivity contribution is 6.12. The lowest BCUT2D eigenvalue weighted by atomic mass is 9.95. The van der Waals surface area contributed by atoms with Crippen molar-refractivity contribution in [2.45, 2.75) is 13.1 Å². The van der Waals surface area contributed by atoms with E-state index in [1.54, 1.807) is 56.9 Å². The van der Waals surface area contributed by atoms with Crippen LogP contribution in [0.4, 0.5) is 0 Å². The summed E-state index contributed by atoms with van der Waals surface area (Å²) in [7, 11) is 13.3. The van der Waals surface area contributed by atoms with Crippen LogP contribution in [-0.4, -0.2) is 92.9 Å². The van der Waals surface area contributed by atoms with Crippen molar-refractivity contribution in [1.29, 1.82) is 0 Å². The minimum Gasteiger partial charge on any atom is -0.493 e. The fraction of sp³-hybridized carbons (Fsp3) is 0.333. The maximum atomic E-state index is 5.74. The molecule has 6 aromatic rings. The van der Waals surface area contributed by atoms with Gasteiger partial charge in [0.05, 0.1) is 56.9 Å². The zero-order valence-corrected chi connectivity index (χ0v) is 31.2. The smallest absolute Gasteiger partial charge is 0.161 e. The zero-order valence-electron chi connectivity index (χ0n) is 31.2. The predicted octanol–water partition coefficient (Wildman–Crippen LogP) is 7.69. The molecule has 0 N–H and O–H groups in total. The van der Waals surface area contributed by atoms with Crippen molar-refractivity contribution in [3.63, 3.8) is 0 Å². The zero-order chi connectivity index (χ0) is 36.5. The highest BCUT2D eigenvalue weighted by Gasteiger charge is 2.23. The molecule has 1 aliphatic rings. The molecular weight excluding hydrogens is 660 g/mol. The lowest BCUT2D eigenvalue weighted by Gasteiger charge is -2.35. The SMILES string of the molecule is COc1cc2cc(CN3CCN(Cc4cc5cc(OC)c(OC)cc5c5cc(OC)c(OC)cc45)CC3)c3cc(OC)c(OC)cc3c2cc1OC. The average Bonchev–Trinajstić information content (AvgIpc) is 3.19. The minimum absolute atomic E-state index is 0.686. The molecule has 52 heavy (non-hydrogen) atoms. The predicted molar refractivity (Wildman–Crippen MR) is 206 cm³/mol. The van der Waals surface area contributed by atoms with E-state index in [-0.39, 0.29) is 0 Å². The number of methoxy groups -OCH3 is 8. The maximum Gasteiger partial charge on any atom is 0.161 e. The van der Waals surface area contributed by atoms with Gasteiger partial charge in [-0.05, 0) is 115 Å². The number of nitrogens with zero attached hydrogens (tertiary/aromatic N) is 2. The van der Waals surface area contributed by atoms with Crippen molar-refractivity contribution in [1.82, 2.24) is 9.80 Å². The van der Waals surface area contributed by atoms with Gasteiger partial charge in [-0.3, -0.25) is 9.80 Å². The molecule has 10 nitrogen and oxygen atoms in total. The number of benzene rings is 6. The summed E-state index contributed by atoms with van der Waals surface area (Å²) in [5, 5.41) is 8.69. The Hall–Kier alpha value is -5.32. The Morgan fingerprint density at radius 2 is 0.577 bits per heavy atom. The molecule has 272 valence electrons. The van der Waals surface area contributed by atoms with E-state index in [1.807, 2.05) is 12.1 Å². The molecule has 0 unspecified atom stereocenters. The number of hydrogen-bond donors (Lipinski definition) is 0. The van der Waals surface area contributed by atoms with Crippen molar-refractivity contribution in [3.8, 4) is 46.0 Å². The number of hydrogen-bond acceptors (Lipinski definition) is 10. The first-order valence-electron chi connectivity index (χ1n) is 17.3. The Labute approximate surface area is 304 Å². The average molecular weight is 707 g/mol. The molecule has 0 radical (unpaired) electrons. The molecule has 0 aliphatic carbocycles. The highest BCUT2D eigenvalue weighted by Crippen LogP contribution is 2.43. The van der Waals surface area contributed by atoms with Crippen LogP contribution in [0, 0.1) is 0 Å². The van der Waals surface area contributed by atoms with Gasteiger partial charge >= 0.3 is 0 Å². The van der Waals surface area contributed by atoms with Crippen LogP contribution in [-0.2, 0) is 13.1 Å². The summed E-state index contributed by atoms with van der Waals surface area (Å²) in [6.45, 7) is 5.28. The summed E-state index contributed by atoms with van der Waals surface area (Å²) in [4.78, 5) is 5.05. The van der Waals surface area contributed by atoms with Gasteiger partial charge in [0.15, 0.2) is 46.0 Å². The van der Waals surface area contributed by atoms with Crippen molar-refractivity contribution in [3.05, 3.63) is 71.8 Å². The van der Waals surface area contributed by atoms with Crippen LogP contribution in [0.2, 0.25) is 0 Å². The van der Waals surface area contributed by atoms with Gasteiger partial charge in [0.2, 0.25) is 0 Å². The fourth-order valence-corrected chi connectivity index (χ4v) is 7.61. The topological polar surface area (TPSA) is 80.3 Å². The van der Waals surface area contributed by atoms with Crippen LogP contribution in [0.15, 0.2) is 60.7 Å². The third-order valence-electron chi connectivity index (χ3n) is 10.3. The molecule has 0 spiro atoms. The van der Waals surface area contributed by atoms with E-state index >= 15 is 0 Å². The summed E-state index contributed by atoms with van der Waals surface area (Å²) in [6.07, 6.45) is 0.